The van der Waals surface area contributed by atoms with Gasteiger partial charge in [0.1, 0.15) is 0 Å². The number of anilines is 1. The lowest BCUT2D eigenvalue weighted by Crippen LogP contribution is -2.07. The Hall–Kier alpha value is -2.38. The summed E-state index contributed by atoms with van der Waals surface area (Å²) in [6.07, 6.45) is 4.28. The Labute approximate surface area is 182 Å². The third-order valence-corrected chi connectivity index (χ3v) is 6.23. The first-order chi connectivity index (χ1) is 13.9. The van der Waals surface area contributed by atoms with Crippen LogP contribution in [0.3, 0.4) is 0 Å². The third kappa shape index (κ3) is 4.97. The summed E-state index contributed by atoms with van der Waals surface area (Å²) >= 11 is 4.93. The molecule has 0 aliphatic carbocycles. The molecule has 1 heterocycles. The van der Waals surface area contributed by atoms with Crippen molar-refractivity contribution in [2.45, 2.75) is 26.2 Å². The minimum atomic E-state index is -0.239. The van der Waals surface area contributed by atoms with Crippen molar-refractivity contribution in [1.82, 2.24) is 4.98 Å². The average molecular weight is 475 g/mol. The Morgan fingerprint density at radius 1 is 1.28 bits per heavy atom. The molecule has 5 nitrogen and oxygen atoms in total. The molecular formula is C22H23BrN2O3S. The molecule has 2 aromatic carbocycles. The molecule has 29 heavy (non-hydrogen) atoms. The number of carbonyl (C=O) groups excluding carboxylic acids is 1. The van der Waals surface area contributed by atoms with Gasteiger partial charge < -0.3 is 9.47 Å². The summed E-state index contributed by atoms with van der Waals surface area (Å²) in [5, 5.41) is 3.43. The van der Waals surface area contributed by atoms with Gasteiger partial charge in [-0.1, -0.05) is 31.3 Å². The molecule has 0 aliphatic heterocycles. The first kappa shape index (κ1) is 21.3. The fourth-order valence-corrected chi connectivity index (χ4v) is 4.43. The number of aromatic nitrogens is 1. The van der Waals surface area contributed by atoms with E-state index >= 15 is 0 Å². The van der Waals surface area contributed by atoms with Crippen LogP contribution in [0.15, 0.2) is 40.9 Å². The van der Waals surface area contributed by atoms with E-state index in [2.05, 4.69) is 52.2 Å². The molecule has 0 radical (unpaired) electrons. The van der Waals surface area contributed by atoms with E-state index in [9.17, 15) is 4.79 Å². The number of ether oxygens (including phenoxy) is 2. The number of nitrogens with zero attached hydrogens (tertiary/aromatic N) is 1. The lowest BCUT2D eigenvalue weighted by atomic mass is 9.99. The molecule has 7 heteroatoms. The highest BCUT2D eigenvalue weighted by Gasteiger charge is 2.11. The van der Waals surface area contributed by atoms with Crippen molar-refractivity contribution in [3.05, 3.63) is 52.0 Å². The number of fused-ring (bicyclic) bond motifs is 1. The number of benzene rings is 2. The molecule has 0 spiro atoms. The van der Waals surface area contributed by atoms with Crippen molar-refractivity contribution < 1.29 is 14.3 Å². The fraction of sp³-hybridized carbons (Fsp3) is 0.273. The Balaban J connectivity index is 1.74. The number of hydrogen-bond acceptors (Lipinski definition) is 5. The highest BCUT2D eigenvalue weighted by Crippen LogP contribution is 2.36. The molecule has 0 bridgehead atoms. The number of amides is 1. The van der Waals surface area contributed by atoms with Crippen LogP contribution in [0.4, 0.5) is 5.13 Å². The quantitative estimate of drug-likeness (QED) is 0.411. The molecule has 0 fully saturated rings. The number of rotatable bonds is 7. The van der Waals surface area contributed by atoms with Crippen molar-refractivity contribution in [2.24, 2.45) is 0 Å². The molecule has 0 saturated carbocycles. The van der Waals surface area contributed by atoms with Crippen LogP contribution in [0, 0.1) is 0 Å². The summed E-state index contributed by atoms with van der Waals surface area (Å²) in [6, 6.07) is 9.95. The monoisotopic (exact) mass is 474 g/mol. The van der Waals surface area contributed by atoms with Gasteiger partial charge in [-0.3, -0.25) is 10.1 Å². The van der Waals surface area contributed by atoms with E-state index in [0.717, 1.165) is 26.7 Å². The van der Waals surface area contributed by atoms with Gasteiger partial charge in [-0.25, -0.2) is 4.98 Å². The maximum Gasteiger partial charge on any atom is 0.250 e. The summed E-state index contributed by atoms with van der Waals surface area (Å²) in [6.45, 7) is 4.39. The van der Waals surface area contributed by atoms with Gasteiger partial charge in [-0.05, 0) is 69.7 Å². The summed E-state index contributed by atoms with van der Waals surface area (Å²) in [7, 11) is 3.15. The molecule has 3 rings (SSSR count). The highest BCUT2D eigenvalue weighted by molar-refractivity contribution is 9.10. The van der Waals surface area contributed by atoms with E-state index in [1.165, 1.54) is 23.0 Å². The molecular weight excluding hydrogens is 452 g/mol. The number of hydrogen-bond donors (Lipinski definition) is 1. The first-order valence-corrected chi connectivity index (χ1v) is 10.9. The lowest BCUT2D eigenvalue weighted by molar-refractivity contribution is -0.111. The van der Waals surface area contributed by atoms with Gasteiger partial charge in [-0.2, -0.15) is 0 Å². The summed E-state index contributed by atoms with van der Waals surface area (Å²) in [5.74, 6) is 1.46. The smallest absolute Gasteiger partial charge is 0.250 e. The van der Waals surface area contributed by atoms with Crippen LogP contribution in [-0.4, -0.2) is 25.1 Å². The zero-order valence-corrected chi connectivity index (χ0v) is 19.2. The van der Waals surface area contributed by atoms with Gasteiger partial charge in [0.15, 0.2) is 16.6 Å². The van der Waals surface area contributed by atoms with Gasteiger partial charge in [-0.15, -0.1) is 0 Å². The molecule has 3 aromatic rings. The zero-order valence-electron chi connectivity index (χ0n) is 16.8. The van der Waals surface area contributed by atoms with Crippen LogP contribution in [0.1, 0.15) is 37.3 Å². The second-order valence-corrected chi connectivity index (χ2v) is 8.50. The van der Waals surface area contributed by atoms with Gasteiger partial charge in [0, 0.05) is 6.08 Å². The van der Waals surface area contributed by atoms with Crippen LogP contribution in [0.2, 0.25) is 0 Å². The van der Waals surface area contributed by atoms with Crippen molar-refractivity contribution in [3.63, 3.8) is 0 Å². The molecule has 1 aromatic heterocycles. The predicted octanol–water partition coefficient (Wildman–Crippen LogP) is 6.24. The summed E-state index contributed by atoms with van der Waals surface area (Å²) < 4.78 is 12.5. The molecule has 1 atom stereocenters. The topological polar surface area (TPSA) is 60.5 Å². The predicted molar refractivity (Wildman–Crippen MR) is 123 cm³/mol. The zero-order chi connectivity index (χ0) is 21.0. The normalized spacial score (nSPS) is 12.3. The van der Waals surface area contributed by atoms with Gasteiger partial charge in [0.2, 0.25) is 5.91 Å². The number of halogens is 1. The number of methoxy groups -OCH3 is 2. The SMILES string of the molecule is CCC(C)c1ccc2nc(NC(=O)/C=C/c3cc(Br)c(OC)c(OC)c3)sc2c1. The van der Waals surface area contributed by atoms with Crippen LogP contribution in [-0.2, 0) is 4.79 Å². The average Bonchev–Trinajstić information content (AvgIpc) is 3.12. The van der Waals surface area contributed by atoms with E-state index in [0.29, 0.717) is 22.5 Å². The first-order valence-electron chi connectivity index (χ1n) is 9.26. The fourth-order valence-electron chi connectivity index (χ4n) is 2.89. The van der Waals surface area contributed by atoms with E-state index < -0.39 is 0 Å². The van der Waals surface area contributed by atoms with Crippen molar-refractivity contribution >= 4 is 54.6 Å². The minimum absolute atomic E-state index is 0.239. The third-order valence-electron chi connectivity index (χ3n) is 4.71. The highest BCUT2D eigenvalue weighted by atomic mass is 79.9. The van der Waals surface area contributed by atoms with E-state index in [1.807, 2.05) is 18.2 Å². The van der Waals surface area contributed by atoms with Gasteiger partial charge >= 0.3 is 0 Å². The molecule has 1 amide bonds. The molecule has 0 saturated heterocycles. The van der Waals surface area contributed by atoms with Gasteiger partial charge in [0.05, 0.1) is 28.9 Å². The van der Waals surface area contributed by atoms with Crippen LogP contribution in [0.25, 0.3) is 16.3 Å². The van der Waals surface area contributed by atoms with Crippen molar-refractivity contribution in [1.29, 1.82) is 0 Å². The van der Waals surface area contributed by atoms with Crippen LogP contribution in [0.5, 0.6) is 11.5 Å². The Kier molecular flexibility index (Phi) is 6.92. The van der Waals surface area contributed by atoms with Crippen molar-refractivity contribution in [3.8, 4) is 11.5 Å². The Morgan fingerprint density at radius 3 is 2.76 bits per heavy atom. The van der Waals surface area contributed by atoms with E-state index in [-0.39, 0.29) is 5.91 Å². The van der Waals surface area contributed by atoms with Crippen LogP contribution >= 0.6 is 27.3 Å². The van der Waals surface area contributed by atoms with E-state index in [1.54, 1.807) is 20.3 Å². The molecule has 1 N–H and O–H groups in total. The Morgan fingerprint density at radius 2 is 2.07 bits per heavy atom. The van der Waals surface area contributed by atoms with Crippen molar-refractivity contribution in [2.75, 3.05) is 19.5 Å². The Bertz CT molecular complexity index is 1060. The largest absolute Gasteiger partial charge is 0.493 e. The maximum absolute atomic E-state index is 12.3. The minimum Gasteiger partial charge on any atom is -0.493 e. The lowest BCUT2D eigenvalue weighted by Gasteiger charge is -2.10. The number of nitrogens with one attached hydrogen (secondary N) is 1. The van der Waals surface area contributed by atoms with Crippen LogP contribution < -0.4 is 14.8 Å². The molecule has 152 valence electrons. The number of carbonyl (C=O) groups is 1. The van der Waals surface area contributed by atoms with Gasteiger partial charge in [0.25, 0.3) is 0 Å². The molecule has 0 aliphatic rings. The maximum atomic E-state index is 12.3. The second kappa shape index (κ2) is 9.41. The number of thiazole rings is 1. The standard InChI is InChI=1S/C22H23BrN2O3S/c1-5-13(2)15-7-8-17-19(12-15)29-22(24-17)25-20(26)9-6-14-10-16(23)21(28-4)18(11-14)27-3/h6-13H,5H2,1-4H3,(H,24,25,26)/b9-6+. The second-order valence-electron chi connectivity index (χ2n) is 6.62. The summed E-state index contributed by atoms with van der Waals surface area (Å²) in [4.78, 5) is 16.9. The van der Waals surface area contributed by atoms with E-state index in [4.69, 9.17) is 9.47 Å². The molecule has 1 unspecified atom stereocenters. The summed E-state index contributed by atoms with van der Waals surface area (Å²) in [5.41, 5.74) is 3.00.